The third-order valence-corrected chi connectivity index (χ3v) is 6.56. The molecule has 0 radical (unpaired) electrons. The predicted molar refractivity (Wildman–Crippen MR) is 118 cm³/mol. The summed E-state index contributed by atoms with van der Waals surface area (Å²) in [7, 11) is 0. The molecule has 0 aromatic heterocycles. The van der Waals surface area contributed by atoms with Crippen LogP contribution in [0.25, 0.3) is 0 Å². The normalized spacial score (nSPS) is 15.7. The lowest BCUT2D eigenvalue weighted by atomic mass is 9.89. The SMILES string of the molecule is O=C(c1ccc(Cl)c(Cl)c1)C1CCN(CCNCc2ccc(Cl)c(Cl)c2)CC1. The topological polar surface area (TPSA) is 32.3 Å². The predicted octanol–water partition coefficient (Wildman–Crippen LogP) is 5.98. The lowest BCUT2D eigenvalue weighted by Gasteiger charge is -2.31. The Morgan fingerprint density at radius 3 is 2.21 bits per heavy atom. The highest BCUT2D eigenvalue weighted by molar-refractivity contribution is 6.42. The van der Waals surface area contributed by atoms with Crippen LogP contribution in [0.4, 0.5) is 0 Å². The van der Waals surface area contributed by atoms with Gasteiger partial charge in [-0.1, -0.05) is 52.5 Å². The van der Waals surface area contributed by atoms with E-state index in [2.05, 4.69) is 10.2 Å². The van der Waals surface area contributed by atoms with E-state index in [1.54, 1.807) is 18.2 Å². The number of Topliss-reactive ketones (excluding diaryl/α,β-unsaturated/α-hetero) is 1. The summed E-state index contributed by atoms with van der Waals surface area (Å²) in [4.78, 5) is 15.1. The van der Waals surface area contributed by atoms with Crippen LogP contribution in [0.3, 0.4) is 0 Å². The lowest BCUT2D eigenvalue weighted by molar-refractivity contribution is 0.0841. The van der Waals surface area contributed by atoms with Gasteiger partial charge in [0.1, 0.15) is 0 Å². The minimum absolute atomic E-state index is 0.0534. The van der Waals surface area contributed by atoms with Gasteiger partial charge in [0, 0.05) is 31.1 Å². The Labute approximate surface area is 185 Å². The minimum atomic E-state index is 0.0534. The number of carbonyl (C=O) groups is 1. The second-order valence-corrected chi connectivity index (χ2v) is 8.66. The number of nitrogens with one attached hydrogen (secondary N) is 1. The molecule has 1 aliphatic heterocycles. The van der Waals surface area contributed by atoms with Crippen LogP contribution in [-0.4, -0.2) is 36.9 Å². The number of halogens is 4. The molecule has 1 aliphatic rings. The number of nitrogens with zero attached hydrogens (tertiary/aromatic N) is 1. The van der Waals surface area contributed by atoms with Gasteiger partial charge in [-0.2, -0.15) is 0 Å². The molecule has 1 N–H and O–H groups in total. The highest BCUT2D eigenvalue weighted by atomic mass is 35.5. The molecule has 0 atom stereocenters. The quantitative estimate of drug-likeness (QED) is 0.408. The molecular formula is C21H22Cl4N2O. The molecule has 0 spiro atoms. The summed E-state index contributed by atoms with van der Waals surface area (Å²) in [6, 6.07) is 10.8. The fourth-order valence-electron chi connectivity index (χ4n) is 3.42. The van der Waals surface area contributed by atoms with E-state index in [0.717, 1.165) is 51.1 Å². The van der Waals surface area contributed by atoms with Crippen molar-refractivity contribution in [3.05, 3.63) is 67.6 Å². The molecule has 2 aromatic rings. The zero-order chi connectivity index (χ0) is 20.1. The first-order valence-corrected chi connectivity index (χ1v) is 10.8. The van der Waals surface area contributed by atoms with E-state index in [-0.39, 0.29) is 11.7 Å². The number of carbonyl (C=O) groups excluding carboxylic acids is 1. The maximum atomic E-state index is 12.7. The molecule has 150 valence electrons. The van der Waals surface area contributed by atoms with E-state index in [9.17, 15) is 4.79 Å². The van der Waals surface area contributed by atoms with Gasteiger partial charge in [-0.3, -0.25) is 4.79 Å². The Bertz CT molecular complexity index is 835. The number of likely N-dealkylation sites (tertiary alicyclic amines) is 1. The maximum absolute atomic E-state index is 12.7. The van der Waals surface area contributed by atoms with Crippen molar-refractivity contribution in [2.24, 2.45) is 5.92 Å². The maximum Gasteiger partial charge on any atom is 0.166 e. The molecule has 3 rings (SSSR count). The average molecular weight is 460 g/mol. The summed E-state index contributed by atoms with van der Waals surface area (Å²) >= 11 is 23.9. The van der Waals surface area contributed by atoms with Crippen molar-refractivity contribution < 1.29 is 4.79 Å². The molecular weight excluding hydrogens is 438 g/mol. The highest BCUT2D eigenvalue weighted by Crippen LogP contribution is 2.27. The first-order chi connectivity index (χ1) is 13.4. The molecule has 7 heteroatoms. The minimum Gasteiger partial charge on any atom is -0.311 e. The third-order valence-electron chi connectivity index (χ3n) is 5.08. The van der Waals surface area contributed by atoms with Crippen molar-refractivity contribution in [2.75, 3.05) is 26.2 Å². The van der Waals surface area contributed by atoms with Crippen molar-refractivity contribution in [1.29, 1.82) is 0 Å². The second-order valence-electron chi connectivity index (χ2n) is 7.03. The Hall–Kier alpha value is -0.810. The smallest absolute Gasteiger partial charge is 0.166 e. The Morgan fingerprint density at radius 1 is 0.929 bits per heavy atom. The van der Waals surface area contributed by atoms with Crippen LogP contribution in [0.2, 0.25) is 20.1 Å². The molecule has 3 nitrogen and oxygen atoms in total. The molecule has 0 aliphatic carbocycles. The molecule has 1 heterocycles. The summed E-state index contributed by atoms with van der Waals surface area (Å²) in [6.45, 7) is 4.43. The second kappa shape index (κ2) is 10.3. The monoisotopic (exact) mass is 458 g/mol. The van der Waals surface area contributed by atoms with E-state index < -0.39 is 0 Å². The van der Waals surface area contributed by atoms with Gasteiger partial charge >= 0.3 is 0 Å². The van der Waals surface area contributed by atoms with Gasteiger partial charge in [0.05, 0.1) is 20.1 Å². The standard InChI is InChI=1S/C21H22Cl4N2O/c22-17-3-1-14(11-19(17)24)13-26-7-10-27-8-5-15(6-9-27)21(28)16-2-4-18(23)20(25)12-16/h1-4,11-12,15,26H,5-10,13H2. The van der Waals surface area contributed by atoms with Gasteiger partial charge in [-0.25, -0.2) is 0 Å². The average Bonchev–Trinajstić information content (AvgIpc) is 2.70. The molecule has 0 bridgehead atoms. The van der Waals surface area contributed by atoms with Crippen molar-refractivity contribution in [2.45, 2.75) is 19.4 Å². The van der Waals surface area contributed by atoms with Gasteiger partial charge < -0.3 is 10.2 Å². The highest BCUT2D eigenvalue weighted by Gasteiger charge is 2.25. The molecule has 2 aromatic carbocycles. The number of hydrogen-bond acceptors (Lipinski definition) is 3. The van der Waals surface area contributed by atoms with Gasteiger partial charge in [0.2, 0.25) is 0 Å². The third kappa shape index (κ3) is 5.85. The van der Waals surface area contributed by atoms with Gasteiger partial charge in [-0.15, -0.1) is 0 Å². The Balaban J connectivity index is 1.39. The van der Waals surface area contributed by atoms with Crippen LogP contribution in [0.15, 0.2) is 36.4 Å². The number of ketones is 1. The number of rotatable bonds is 7. The van der Waals surface area contributed by atoms with Crippen LogP contribution in [0.5, 0.6) is 0 Å². The van der Waals surface area contributed by atoms with Gasteiger partial charge in [0.15, 0.2) is 5.78 Å². The first kappa shape index (κ1) is 21.9. The van der Waals surface area contributed by atoms with Crippen molar-refractivity contribution in [3.63, 3.8) is 0 Å². The van der Waals surface area contributed by atoms with E-state index in [1.165, 1.54) is 0 Å². The van der Waals surface area contributed by atoms with Crippen LogP contribution in [0, 0.1) is 5.92 Å². The van der Waals surface area contributed by atoms with Gasteiger partial charge in [0.25, 0.3) is 0 Å². The van der Waals surface area contributed by atoms with E-state index >= 15 is 0 Å². The van der Waals surface area contributed by atoms with Crippen LogP contribution < -0.4 is 5.32 Å². The van der Waals surface area contributed by atoms with Crippen molar-refractivity contribution in [1.82, 2.24) is 10.2 Å². The zero-order valence-corrected chi connectivity index (χ0v) is 18.4. The van der Waals surface area contributed by atoms with Crippen molar-refractivity contribution in [3.8, 4) is 0 Å². The van der Waals surface area contributed by atoms with Crippen LogP contribution in [-0.2, 0) is 6.54 Å². The molecule has 0 amide bonds. The summed E-state index contributed by atoms with van der Waals surface area (Å²) in [5, 5.41) is 5.48. The van der Waals surface area contributed by atoms with Crippen molar-refractivity contribution >= 4 is 52.2 Å². The summed E-state index contributed by atoms with van der Waals surface area (Å²) in [6.07, 6.45) is 1.73. The lowest BCUT2D eigenvalue weighted by Crippen LogP contribution is -2.39. The fraction of sp³-hybridized carbons (Fsp3) is 0.381. The molecule has 1 saturated heterocycles. The zero-order valence-electron chi connectivity index (χ0n) is 15.4. The Kier molecular flexibility index (Phi) is 8.04. The van der Waals surface area contributed by atoms with Gasteiger partial charge in [-0.05, 0) is 61.8 Å². The molecule has 0 saturated carbocycles. The molecule has 28 heavy (non-hydrogen) atoms. The molecule has 0 unspecified atom stereocenters. The van der Waals surface area contributed by atoms with Crippen LogP contribution in [0.1, 0.15) is 28.8 Å². The number of benzene rings is 2. The van der Waals surface area contributed by atoms with E-state index in [1.807, 2.05) is 18.2 Å². The van der Waals surface area contributed by atoms with E-state index in [4.69, 9.17) is 46.4 Å². The largest absolute Gasteiger partial charge is 0.311 e. The first-order valence-electron chi connectivity index (χ1n) is 9.30. The summed E-state index contributed by atoms with van der Waals surface area (Å²) in [5.41, 5.74) is 1.76. The Morgan fingerprint density at radius 2 is 1.57 bits per heavy atom. The number of piperidine rings is 1. The fourth-order valence-corrected chi connectivity index (χ4v) is 4.04. The van der Waals surface area contributed by atoms with E-state index in [0.29, 0.717) is 25.7 Å². The van der Waals surface area contributed by atoms with Crippen LogP contribution >= 0.6 is 46.4 Å². The summed E-state index contributed by atoms with van der Waals surface area (Å²) < 4.78 is 0. The number of hydrogen-bond donors (Lipinski definition) is 1. The summed E-state index contributed by atoms with van der Waals surface area (Å²) in [5.74, 6) is 0.216. The molecule has 1 fully saturated rings.